The van der Waals surface area contributed by atoms with Crippen molar-refractivity contribution in [1.29, 1.82) is 0 Å². The van der Waals surface area contributed by atoms with Gasteiger partial charge in [-0.15, -0.1) is 0 Å². The Morgan fingerprint density at radius 2 is 1.90 bits per heavy atom. The van der Waals surface area contributed by atoms with E-state index in [1.54, 1.807) is 6.92 Å². The van der Waals surface area contributed by atoms with Gasteiger partial charge < -0.3 is 34.6 Å². The Kier molecular flexibility index (Phi) is 7.06. The Hall–Kier alpha value is -1.03. The number of hydrogen-bond acceptors (Lipinski definition) is 8. The van der Waals surface area contributed by atoms with E-state index in [-0.39, 0.29) is 13.2 Å². The van der Waals surface area contributed by atoms with Crippen LogP contribution in [0.25, 0.3) is 0 Å². The van der Waals surface area contributed by atoms with Crippen molar-refractivity contribution < 1.29 is 39.4 Å². The summed E-state index contributed by atoms with van der Waals surface area (Å²) >= 11 is 0. The predicted octanol–water partition coefficient (Wildman–Crippen LogP) is -2.08. The highest BCUT2D eigenvalue weighted by atomic mass is 16.7. The SMILES string of the molecule is C/C=C\C(=O)OCCO[C@@H]1O[C@H](CO)[C@@H](O)[C@H](O)[C@H]1O. The quantitative estimate of drug-likeness (QED) is 0.250. The fourth-order valence-corrected chi connectivity index (χ4v) is 1.70. The molecule has 1 saturated heterocycles. The van der Waals surface area contributed by atoms with Gasteiger partial charge in [-0.25, -0.2) is 4.79 Å². The van der Waals surface area contributed by atoms with E-state index in [9.17, 15) is 20.1 Å². The maximum atomic E-state index is 11.0. The second kappa shape index (κ2) is 8.30. The first kappa shape index (κ1) is 17.0. The molecular weight excluding hydrogens is 272 g/mol. The van der Waals surface area contributed by atoms with E-state index < -0.39 is 43.3 Å². The highest BCUT2D eigenvalue weighted by Crippen LogP contribution is 2.21. The molecule has 0 amide bonds. The van der Waals surface area contributed by atoms with Crippen molar-refractivity contribution in [2.45, 2.75) is 37.6 Å². The zero-order chi connectivity index (χ0) is 15.1. The van der Waals surface area contributed by atoms with Gasteiger partial charge in [0.05, 0.1) is 13.2 Å². The van der Waals surface area contributed by atoms with Crippen LogP contribution in [-0.2, 0) is 19.0 Å². The summed E-state index contributed by atoms with van der Waals surface area (Å²) in [7, 11) is 0. The minimum Gasteiger partial charge on any atom is -0.460 e. The van der Waals surface area contributed by atoms with Crippen LogP contribution in [-0.4, -0.2) is 76.9 Å². The first-order valence-corrected chi connectivity index (χ1v) is 6.22. The summed E-state index contributed by atoms with van der Waals surface area (Å²) in [4.78, 5) is 11.0. The van der Waals surface area contributed by atoms with Crippen LogP contribution in [0.5, 0.6) is 0 Å². The molecule has 0 aromatic carbocycles. The van der Waals surface area contributed by atoms with Gasteiger partial charge in [0.25, 0.3) is 0 Å². The topological polar surface area (TPSA) is 126 Å². The summed E-state index contributed by atoms with van der Waals surface area (Å²) in [5.74, 6) is -0.523. The van der Waals surface area contributed by atoms with Crippen LogP contribution in [0.15, 0.2) is 12.2 Å². The summed E-state index contributed by atoms with van der Waals surface area (Å²) in [5.41, 5.74) is 0. The van der Waals surface area contributed by atoms with Crippen molar-refractivity contribution in [2.75, 3.05) is 19.8 Å². The smallest absolute Gasteiger partial charge is 0.330 e. The lowest BCUT2D eigenvalue weighted by Gasteiger charge is -2.39. The zero-order valence-electron chi connectivity index (χ0n) is 11.1. The molecule has 1 rings (SSSR count). The Morgan fingerprint density at radius 1 is 1.20 bits per heavy atom. The molecule has 1 aliphatic heterocycles. The number of esters is 1. The highest BCUT2D eigenvalue weighted by Gasteiger charge is 2.43. The monoisotopic (exact) mass is 292 g/mol. The third-order valence-electron chi connectivity index (χ3n) is 2.76. The average molecular weight is 292 g/mol. The van der Waals surface area contributed by atoms with Crippen LogP contribution in [0.4, 0.5) is 0 Å². The molecule has 20 heavy (non-hydrogen) atoms. The molecule has 0 aromatic rings. The molecule has 5 atom stereocenters. The molecule has 0 spiro atoms. The Morgan fingerprint density at radius 3 is 2.50 bits per heavy atom. The van der Waals surface area contributed by atoms with E-state index in [2.05, 4.69) is 0 Å². The van der Waals surface area contributed by atoms with Crippen molar-refractivity contribution in [3.8, 4) is 0 Å². The fraction of sp³-hybridized carbons (Fsp3) is 0.750. The third-order valence-corrected chi connectivity index (χ3v) is 2.76. The average Bonchev–Trinajstić information content (AvgIpc) is 2.43. The van der Waals surface area contributed by atoms with E-state index in [1.807, 2.05) is 0 Å². The summed E-state index contributed by atoms with van der Waals surface area (Å²) < 4.78 is 15.0. The first-order chi connectivity index (χ1) is 9.51. The summed E-state index contributed by atoms with van der Waals surface area (Å²) in [6, 6.07) is 0. The van der Waals surface area contributed by atoms with Crippen LogP contribution >= 0.6 is 0 Å². The maximum Gasteiger partial charge on any atom is 0.330 e. The Balaban J connectivity index is 2.37. The lowest BCUT2D eigenvalue weighted by molar-refractivity contribution is -0.302. The van der Waals surface area contributed by atoms with E-state index in [0.717, 1.165) is 0 Å². The van der Waals surface area contributed by atoms with Crippen molar-refractivity contribution in [3.05, 3.63) is 12.2 Å². The second-order valence-electron chi connectivity index (χ2n) is 4.24. The first-order valence-electron chi connectivity index (χ1n) is 6.22. The Labute approximate surface area is 116 Å². The molecule has 0 aliphatic carbocycles. The number of allylic oxidation sites excluding steroid dienone is 1. The van der Waals surface area contributed by atoms with E-state index in [1.165, 1.54) is 12.2 Å². The third kappa shape index (κ3) is 4.51. The van der Waals surface area contributed by atoms with Crippen molar-refractivity contribution in [1.82, 2.24) is 0 Å². The largest absolute Gasteiger partial charge is 0.460 e. The normalized spacial score (nSPS) is 34.4. The van der Waals surface area contributed by atoms with Crippen molar-refractivity contribution >= 4 is 5.97 Å². The molecule has 1 aliphatic rings. The summed E-state index contributed by atoms with van der Waals surface area (Å²) in [6.45, 7) is 1.02. The number of aliphatic hydroxyl groups is 4. The van der Waals surface area contributed by atoms with Gasteiger partial charge in [0.15, 0.2) is 6.29 Å². The zero-order valence-corrected chi connectivity index (χ0v) is 11.1. The van der Waals surface area contributed by atoms with Gasteiger partial charge in [-0.1, -0.05) is 6.08 Å². The van der Waals surface area contributed by atoms with Gasteiger partial charge in [0.2, 0.25) is 0 Å². The number of hydrogen-bond donors (Lipinski definition) is 4. The van der Waals surface area contributed by atoms with Gasteiger partial charge in [0.1, 0.15) is 31.0 Å². The molecule has 0 unspecified atom stereocenters. The number of rotatable bonds is 6. The molecule has 1 heterocycles. The predicted molar refractivity (Wildman–Crippen MR) is 65.5 cm³/mol. The van der Waals surface area contributed by atoms with Crippen LogP contribution in [0.3, 0.4) is 0 Å². The van der Waals surface area contributed by atoms with Crippen molar-refractivity contribution in [3.63, 3.8) is 0 Å². The van der Waals surface area contributed by atoms with Crippen molar-refractivity contribution in [2.24, 2.45) is 0 Å². The van der Waals surface area contributed by atoms with Gasteiger partial charge in [-0.3, -0.25) is 0 Å². The molecule has 1 fully saturated rings. The molecule has 8 heteroatoms. The minimum absolute atomic E-state index is 0.0573. The molecule has 0 saturated carbocycles. The van der Waals surface area contributed by atoms with Gasteiger partial charge in [-0.05, 0) is 6.92 Å². The molecule has 0 radical (unpaired) electrons. The lowest BCUT2D eigenvalue weighted by Crippen LogP contribution is -2.59. The molecule has 0 bridgehead atoms. The Bertz CT molecular complexity index is 329. The summed E-state index contributed by atoms with van der Waals surface area (Å²) in [6.07, 6.45) is -3.85. The number of aliphatic hydroxyl groups excluding tert-OH is 4. The van der Waals surface area contributed by atoms with Crippen LogP contribution < -0.4 is 0 Å². The second-order valence-corrected chi connectivity index (χ2v) is 4.24. The lowest BCUT2D eigenvalue weighted by atomic mass is 9.99. The van der Waals surface area contributed by atoms with E-state index in [0.29, 0.717) is 0 Å². The highest BCUT2D eigenvalue weighted by molar-refractivity contribution is 5.81. The molecule has 8 nitrogen and oxygen atoms in total. The fourth-order valence-electron chi connectivity index (χ4n) is 1.70. The van der Waals surface area contributed by atoms with Gasteiger partial charge >= 0.3 is 5.97 Å². The molecule has 4 N–H and O–H groups in total. The number of carbonyl (C=O) groups excluding carboxylic acids is 1. The van der Waals surface area contributed by atoms with Gasteiger partial charge in [-0.2, -0.15) is 0 Å². The van der Waals surface area contributed by atoms with Crippen LogP contribution in [0.1, 0.15) is 6.92 Å². The van der Waals surface area contributed by atoms with Crippen LogP contribution in [0.2, 0.25) is 0 Å². The number of carbonyl (C=O) groups is 1. The standard InChI is InChI=1S/C12H20O8/c1-2-3-8(14)18-4-5-19-12-11(17)10(16)9(15)7(6-13)20-12/h2-3,7,9-13,15-17H,4-6H2,1H3/b3-2-/t7-,9-,10+,11-,12-/m1/s1. The van der Waals surface area contributed by atoms with E-state index in [4.69, 9.17) is 19.3 Å². The van der Waals surface area contributed by atoms with Gasteiger partial charge in [0, 0.05) is 6.08 Å². The molecule has 0 aromatic heterocycles. The number of ether oxygens (including phenoxy) is 3. The summed E-state index contributed by atoms with van der Waals surface area (Å²) in [5, 5.41) is 37.7. The molecule has 116 valence electrons. The van der Waals surface area contributed by atoms with E-state index >= 15 is 0 Å². The molecular formula is C12H20O8. The minimum atomic E-state index is -1.49. The maximum absolute atomic E-state index is 11.0. The van der Waals surface area contributed by atoms with Crippen LogP contribution in [0, 0.1) is 0 Å².